The molecule has 0 spiro atoms. The number of carbonyl (C=O) groups is 1. The fourth-order valence-electron chi connectivity index (χ4n) is 3.71. The standard InChI is InChI=1S/C28H25F3N4O/c29-28(30,31)25-11-13-26(14-12-25)34-27(36)35(19-22-2-1-15-33-17-22)18-21-5-9-24(10-6-21)23-7-3-20(16-32)4-8-23/h1-15,17H,16,18-19,32H2,(H,34,36). The van der Waals surface area contributed by atoms with E-state index in [4.69, 9.17) is 5.73 Å². The number of halogens is 3. The largest absolute Gasteiger partial charge is 0.416 e. The summed E-state index contributed by atoms with van der Waals surface area (Å²) in [4.78, 5) is 18.8. The van der Waals surface area contributed by atoms with Gasteiger partial charge >= 0.3 is 12.2 Å². The van der Waals surface area contributed by atoms with Crippen molar-refractivity contribution in [2.45, 2.75) is 25.8 Å². The number of amides is 2. The topological polar surface area (TPSA) is 71.2 Å². The molecule has 0 atom stereocenters. The molecule has 3 aromatic carbocycles. The summed E-state index contributed by atoms with van der Waals surface area (Å²) >= 11 is 0. The van der Waals surface area contributed by atoms with Crippen LogP contribution in [0.2, 0.25) is 0 Å². The Morgan fingerprint density at radius 2 is 1.39 bits per heavy atom. The number of nitrogens with one attached hydrogen (secondary N) is 1. The smallest absolute Gasteiger partial charge is 0.326 e. The maximum absolute atomic E-state index is 13.1. The summed E-state index contributed by atoms with van der Waals surface area (Å²) in [7, 11) is 0. The number of anilines is 1. The predicted molar refractivity (Wildman–Crippen MR) is 134 cm³/mol. The summed E-state index contributed by atoms with van der Waals surface area (Å²) in [6, 6.07) is 23.5. The molecule has 0 bridgehead atoms. The summed E-state index contributed by atoms with van der Waals surface area (Å²) in [5.74, 6) is 0. The molecule has 1 heterocycles. The van der Waals surface area contributed by atoms with Crippen LogP contribution in [0.4, 0.5) is 23.7 Å². The molecule has 184 valence electrons. The molecule has 4 aromatic rings. The normalized spacial score (nSPS) is 11.2. The Labute approximate surface area is 207 Å². The van der Waals surface area contributed by atoms with Gasteiger partial charge in [-0.3, -0.25) is 4.98 Å². The van der Waals surface area contributed by atoms with Gasteiger partial charge in [0.25, 0.3) is 0 Å². The first kappa shape index (κ1) is 24.9. The van der Waals surface area contributed by atoms with Crippen molar-refractivity contribution in [1.29, 1.82) is 0 Å². The summed E-state index contributed by atoms with van der Waals surface area (Å²) in [6.45, 7) is 1.07. The number of urea groups is 1. The molecule has 2 amide bonds. The molecule has 0 aliphatic carbocycles. The minimum Gasteiger partial charge on any atom is -0.326 e. The second kappa shape index (κ2) is 11.0. The lowest BCUT2D eigenvalue weighted by Crippen LogP contribution is -2.34. The SMILES string of the molecule is NCc1ccc(-c2ccc(CN(Cc3cccnc3)C(=O)Nc3ccc(C(F)(F)F)cc3)cc2)cc1. The number of rotatable bonds is 7. The maximum Gasteiger partial charge on any atom is 0.416 e. The van der Waals surface area contributed by atoms with Crippen molar-refractivity contribution >= 4 is 11.7 Å². The van der Waals surface area contributed by atoms with Gasteiger partial charge in [-0.2, -0.15) is 13.2 Å². The first-order valence-corrected chi connectivity index (χ1v) is 11.3. The number of nitrogens with zero attached hydrogens (tertiary/aromatic N) is 2. The molecule has 0 aliphatic heterocycles. The Balaban J connectivity index is 1.50. The summed E-state index contributed by atoms with van der Waals surface area (Å²) in [5, 5.41) is 2.70. The molecule has 0 saturated carbocycles. The lowest BCUT2D eigenvalue weighted by atomic mass is 10.0. The molecular formula is C28H25F3N4O. The van der Waals surface area contributed by atoms with Crippen molar-refractivity contribution in [2.75, 3.05) is 5.32 Å². The van der Waals surface area contributed by atoms with E-state index in [0.29, 0.717) is 13.1 Å². The van der Waals surface area contributed by atoms with Gasteiger partial charge in [-0.05, 0) is 58.1 Å². The Morgan fingerprint density at radius 1 is 0.806 bits per heavy atom. The van der Waals surface area contributed by atoms with Crippen LogP contribution in [0.1, 0.15) is 22.3 Å². The van der Waals surface area contributed by atoms with Crippen LogP contribution in [-0.2, 0) is 25.8 Å². The molecule has 0 saturated heterocycles. The van der Waals surface area contributed by atoms with Crippen LogP contribution >= 0.6 is 0 Å². The fourth-order valence-corrected chi connectivity index (χ4v) is 3.71. The number of pyridine rings is 1. The van der Waals surface area contributed by atoms with E-state index in [1.165, 1.54) is 12.1 Å². The number of benzene rings is 3. The van der Waals surface area contributed by atoms with Crippen LogP contribution in [0.25, 0.3) is 11.1 Å². The summed E-state index contributed by atoms with van der Waals surface area (Å²) < 4.78 is 38.6. The Morgan fingerprint density at radius 3 is 1.92 bits per heavy atom. The molecule has 0 aliphatic rings. The Bertz CT molecular complexity index is 1270. The van der Waals surface area contributed by atoms with Crippen LogP contribution in [0.15, 0.2) is 97.3 Å². The van der Waals surface area contributed by atoms with E-state index in [2.05, 4.69) is 10.3 Å². The predicted octanol–water partition coefficient (Wildman–Crippen LogP) is 6.46. The van der Waals surface area contributed by atoms with E-state index in [9.17, 15) is 18.0 Å². The minimum atomic E-state index is -4.44. The van der Waals surface area contributed by atoms with Crippen molar-refractivity contribution in [2.24, 2.45) is 5.73 Å². The van der Waals surface area contributed by atoms with Gasteiger partial charge in [0.1, 0.15) is 0 Å². The van der Waals surface area contributed by atoms with Crippen molar-refractivity contribution in [3.8, 4) is 11.1 Å². The highest BCUT2D eigenvalue weighted by Crippen LogP contribution is 2.30. The third-order valence-corrected chi connectivity index (χ3v) is 5.70. The zero-order valence-electron chi connectivity index (χ0n) is 19.4. The third-order valence-electron chi connectivity index (χ3n) is 5.70. The number of hydrogen-bond donors (Lipinski definition) is 2. The molecule has 1 aromatic heterocycles. The van der Waals surface area contributed by atoms with Gasteiger partial charge < -0.3 is 16.0 Å². The maximum atomic E-state index is 13.1. The molecular weight excluding hydrogens is 465 g/mol. The Kier molecular flexibility index (Phi) is 7.65. The second-order valence-electron chi connectivity index (χ2n) is 8.32. The molecule has 8 heteroatoms. The van der Waals surface area contributed by atoms with Crippen molar-refractivity contribution < 1.29 is 18.0 Å². The second-order valence-corrected chi connectivity index (χ2v) is 8.32. The zero-order chi connectivity index (χ0) is 25.5. The third kappa shape index (κ3) is 6.49. The zero-order valence-corrected chi connectivity index (χ0v) is 19.4. The van der Waals surface area contributed by atoms with E-state index in [-0.39, 0.29) is 12.2 Å². The lowest BCUT2D eigenvalue weighted by molar-refractivity contribution is -0.137. The van der Waals surface area contributed by atoms with Gasteiger partial charge in [0.2, 0.25) is 0 Å². The molecule has 4 rings (SSSR count). The lowest BCUT2D eigenvalue weighted by Gasteiger charge is -2.23. The number of nitrogens with two attached hydrogens (primary N) is 1. The van der Waals surface area contributed by atoms with Crippen LogP contribution in [0.3, 0.4) is 0 Å². The molecule has 3 N–H and O–H groups in total. The highest BCUT2D eigenvalue weighted by atomic mass is 19.4. The highest BCUT2D eigenvalue weighted by Gasteiger charge is 2.30. The first-order chi connectivity index (χ1) is 17.3. The van der Waals surface area contributed by atoms with Gasteiger partial charge in [0.05, 0.1) is 5.56 Å². The molecule has 0 fully saturated rings. The van der Waals surface area contributed by atoms with Crippen molar-refractivity contribution in [3.05, 3.63) is 120 Å². The van der Waals surface area contributed by atoms with E-state index in [0.717, 1.165) is 39.9 Å². The molecule has 5 nitrogen and oxygen atoms in total. The minimum absolute atomic E-state index is 0.278. The Hall–Kier alpha value is -4.17. The van der Waals surface area contributed by atoms with Gasteiger partial charge in [-0.15, -0.1) is 0 Å². The van der Waals surface area contributed by atoms with E-state index < -0.39 is 17.8 Å². The van der Waals surface area contributed by atoms with Gasteiger partial charge in [-0.25, -0.2) is 4.79 Å². The van der Waals surface area contributed by atoms with E-state index in [1.807, 2.05) is 54.6 Å². The number of carbonyl (C=O) groups excluding carboxylic acids is 1. The first-order valence-electron chi connectivity index (χ1n) is 11.3. The average Bonchev–Trinajstić information content (AvgIpc) is 2.89. The van der Waals surface area contributed by atoms with Gasteiger partial charge in [0, 0.05) is 37.7 Å². The van der Waals surface area contributed by atoms with Crippen LogP contribution in [-0.4, -0.2) is 15.9 Å². The van der Waals surface area contributed by atoms with Gasteiger partial charge in [0.15, 0.2) is 0 Å². The average molecular weight is 491 g/mol. The number of aromatic nitrogens is 1. The van der Waals surface area contributed by atoms with Crippen molar-refractivity contribution in [3.63, 3.8) is 0 Å². The number of alkyl halides is 3. The fraction of sp³-hybridized carbons (Fsp3) is 0.143. The van der Waals surface area contributed by atoms with Crippen LogP contribution in [0.5, 0.6) is 0 Å². The van der Waals surface area contributed by atoms with Gasteiger partial charge in [-0.1, -0.05) is 54.6 Å². The van der Waals surface area contributed by atoms with E-state index in [1.54, 1.807) is 23.4 Å². The van der Waals surface area contributed by atoms with E-state index >= 15 is 0 Å². The van der Waals surface area contributed by atoms with Crippen LogP contribution < -0.4 is 11.1 Å². The molecule has 36 heavy (non-hydrogen) atoms. The molecule has 0 unspecified atom stereocenters. The van der Waals surface area contributed by atoms with Crippen LogP contribution in [0, 0.1) is 0 Å². The quantitative estimate of drug-likeness (QED) is 0.312. The van der Waals surface area contributed by atoms with Crippen molar-refractivity contribution in [1.82, 2.24) is 9.88 Å². The highest BCUT2D eigenvalue weighted by molar-refractivity contribution is 5.89. The molecule has 0 radical (unpaired) electrons. The summed E-state index contributed by atoms with van der Waals surface area (Å²) in [5.41, 5.74) is 10.1. The number of hydrogen-bond acceptors (Lipinski definition) is 3. The summed E-state index contributed by atoms with van der Waals surface area (Å²) in [6.07, 6.45) is -1.12. The monoisotopic (exact) mass is 490 g/mol.